The Kier molecular flexibility index (Phi) is 3.79. The summed E-state index contributed by atoms with van der Waals surface area (Å²) >= 11 is 0. The van der Waals surface area contributed by atoms with E-state index in [-0.39, 0.29) is 6.04 Å². The maximum atomic E-state index is 5.90. The van der Waals surface area contributed by atoms with Gasteiger partial charge >= 0.3 is 0 Å². The molecule has 108 valence electrons. The van der Waals surface area contributed by atoms with Crippen molar-refractivity contribution < 1.29 is 9.15 Å². The van der Waals surface area contributed by atoms with Crippen molar-refractivity contribution in [1.29, 1.82) is 0 Å². The monoisotopic (exact) mass is 282 g/mol. The van der Waals surface area contributed by atoms with Crippen molar-refractivity contribution in [2.45, 2.75) is 6.04 Å². The molecule has 3 aromatic rings. The second-order valence-electron chi connectivity index (χ2n) is 4.82. The van der Waals surface area contributed by atoms with Gasteiger partial charge in [0, 0.05) is 11.9 Å². The average molecular weight is 282 g/mol. The summed E-state index contributed by atoms with van der Waals surface area (Å²) in [4.78, 5) is 0. The molecule has 0 radical (unpaired) electrons. The molecule has 0 spiro atoms. The first kappa shape index (κ1) is 13.5. The maximum absolute atomic E-state index is 5.90. The third-order valence-corrected chi connectivity index (χ3v) is 3.46. The van der Waals surface area contributed by atoms with Crippen LogP contribution in [0.5, 0.6) is 5.75 Å². The Hall–Kier alpha value is -2.46. The zero-order chi connectivity index (χ0) is 14.7. The van der Waals surface area contributed by atoms with E-state index in [0.29, 0.717) is 6.54 Å². The summed E-state index contributed by atoms with van der Waals surface area (Å²) in [5.41, 5.74) is 7.67. The van der Waals surface area contributed by atoms with Crippen molar-refractivity contribution in [3.63, 3.8) is 0 Å². The molecule has 0 fully saturated rings. The SMILES string of the molecule is COc1ccccc1NC(CN)c1cc2ccccc2o1. The molecular weight excluding hydrogens is 264 g/mol. The van der Waals surface area contributed by atoms with Gasteiger partial charge in [0.2, 0.25) is 0 Å². The molecule has 1 aromatic heterocycles. The number of fused-ring (bicyclic) bond motifs is 1. The highest BCUT2D eigenvalue weighted by atomic mass is 16.5. The molecular formula is C17H18N2O2. The molecule has 1 atom stereocenters. The van der Waals surface area contributed by atoms with E-state index in [1.54, 1.807) is 7.11 Å². The van der Waals surface area contributed by atoms with Gasteiger partial charge in [0.1, 0.15) is 17.1 Å². The molecule has 0 saturated carbocycles. The first-order chi connectivity index (χ1) is 10.3. The second-order valence-corrected chi connectivity index (χ2v) is 4.82. The lowest BCUT2D eigenvalue weighted by molar-refractivity contribution is 0.415. The van der Waals surface area contributed by atoms with Crippen molar-refractivity contribution >= 4 is 16.7 Å². The number of hydrogen-bond donors (Lipinski definition) is 2. The molecule has 4 heteroatoms. The molecule has 2 aromatic carbocycles. The van der Waals surface area contributed by atoms with E-state index < -0.39 is 0 Å². The third-order valence-electron chi connectivity index (χ3n) is 3.46. The Bertz CT molecular complexity index is 703. The second kappa shape index (κ2) is 5.89. The number of anilines is 1. The van der Waals surface area contributed by atoms with Crippen LogP contribution in [-0.2, 0) is 0 Å². The third kappa shape index (κ3) is 2.71. The van der Waals surface area contributed by atoms with Crippen molar-refractivity contribution in [1.82, 2.24) is 0 Å². The molecule has 4 nitrogen and oxygen atoms in total. The Morgan fingerprint density at radius 1 is 1.14 bits per heavy atom. The molecule has 3 N–H and O–H groups in total. The van der Waals surface area contributed by atoms with Gasteiger partial charge < -0.3 is 20.2 Å². The Morgan fingerprint density at radius 3 is 2.67 bits per heavy atom. The fourth-order valence-corrected chi connectivity index (χ4v) is 2.37. The average Bonchev–Trinajstić information content (AvgIpc) is 2.96. The van der Waals surface area contributed by atoms with Gasteiger partial charge in [-0.05, 0) is 24.3 Å². The summed E-state index contributed by atoms with van der Waals surface area (Å²) in [5, 5.41) is 4.46. The lowest BCUT2D eigenvalue weighted by Crippen LogP contribution is -2.20. The van der Waals surface area contributed by atoms with Crippen LogP contribution >= 0.6 is 0 Å². The smallest absolute Gasteiger partial charge is 0.141 e. The van der Waals surface area contributed by atoms with Gasteiger partial charge in [-0.15, -0.1) is 0 Å². The zero-order valence-electron chi connectivity index (χ0n) is 11.9. The van der Waals surface area contributed by atoms with E-state index >= 15 is 0 Å². The van der Waals surface area contributed by atoms with Crippen LogP contribution in [0.3, 0.4) is 0 Å². The first-order valence-corrected chi connectivity index (χ1v) is 6.90. The fraction of sp³-hybridized carbons (Fsp3) is 0.176. The molecule has 0 aliphatic rings. The Balaban J connectivity index is 1.91. The number of methoxy groups -OCH3 is 1. The molecule has 0 saturated heterocycles. The normalized spacial score (nSPS) is 12.3. The maximum Gasteiger partial charge on any atom is 0.141 e. The predicted molar refractivity (Wildman–Crippen MR) is 84.6 cm³/mol. The molecule has 0 amide bonds. The minimum atomic E-state index is -0.103. The highest BCUT2D eigenvalue weighted by Gasteiger charge is 2.16. The van der Waals surface area contributed by atoms with E-state index in [4.69, 9.17) is 14.9 Å². The van der Waals surface area contributed by atoms with Crippen molar-refractivity contribution in [3.05, 3.63) is 60.4 Å². The summed E-state index contributed by atoms with van der Waals surface area (Å²) < 4.78 is 11.2. The summed E-state index contributed by atoms with van der Waals surface area (Å²) in [6, 6.07) is 17.6. The molecule has 3 rings (SSSR count). The van der Waals surface area contributed by atoms with Gasteiger partial charge in [0.25, 0.3) is 0 Å². The van der Waals surface area contributed by atoms with Gasteiger partial charge in [0.05, 0.1) is 18.8 Å². The van der Waals surface area contributed by atoms with Crippen molar-refractivity contribution in [2.24, 2.45) is 5.73 Å². The summed E-state index contributed by atoms with van der Waals surface area (Å²) in [7, 11) is 1.65. The summed E-state index contributed by atoms with van der Waals surface area (Å²) in [5.74, 6) is 1.61. The molecule has 1 heterocycles. The van der Waals surface area contributed by atoms with E-state index in [1.165, 1.54) is 0 Å². The van der Waals surface area contributed by atoms with E-state index in [2.05, 4.69) is 5.32 Å². The zero-order valence-corrected chi connectivity index (χ0v) is 11.9. The number of furan rings is 1. The standard InChI is InChI=1S/C17H18N2O2/c1-20-16-9-5-3-7-13(16)19-14(11-18)17-10-12-6-2-4-8-15(12)21-17/h2-10,14,19H,11,18H2,1H3. The largest absolute Gasteiger partial charge is 0.495 e. The first-order valence-electron chi connectivity index (χ1n) is 6.90. The van der Waals surface area contributed by atoms with E-state index in [0.717, 1.165) is 28.2 Å². The van der Waals surface area contributed by atoms with Crippen LogP contribution in [0, 0.1) is 0 Å². The van der Waals surface area contributed by atoms with E-state index in [1.807, 2.05) is 54.6 Å². The fourth-order valence-electron chi connectivity index (χ4n) is 2.37. The highest BCUT2D eigenvalue weighted by molar-refractivity contribution is 5.78. The lowest BCUT2D eigenvalue weighted by Gasteiger charge is -2.17. The predicted octanol–water partition coefficient (Wildman–Crippen LogP) is 3.55. The number of nitrogens with one attached hydrogen (secondary N) is 1. The van der Waals surface area contributed by atoms with Crippen LogP contribution in [-0.4, -0.2) is 13.7 Å². The van der Waals surface area contributed by atoms with Crippen LogP contribution in [0.4, 0.5) is 5.69 Å². The minimum Gasteiger partial charge on any atom is -0.495 e. The summed E-state index contributed by atoms with van der Waals surface area (Å²) in [6.45, 7) is 0.428. The Labute approximate surface area is 123 Å². The lowest BCUT2D eigenvalue weighted by atomic mass is 10.1. The van der Waals surface area contributed by atoms with E-state index in [9.17, 15) is 0 Å². The number of nitrogens with two attached hydrogens (primary N) is 1. The van der Waals surface area contributed by atoms with Gasteiger partial charge in [-0.2, -0.15) is 0 Å². The molecule has 1 unspecified atom stereocenters. The van der Waals surface area contributed by atoms with Gasteiger partial charge in [-0.25, -0.2) is 0 Å². The molecule has 0 aliphatic carbocycles. The van der Waals surface area contributed by atoms with Gasteiger partial charge in [0.15, 0.2) is 0 Å². The van der Waals surface area contributed by atoms with Gasteiger partial charge in [-0.3, -0.25) is 0 Å². The topological polar surface area (TPSA) is 60.4 Å². The van der Waals surface area contributed by atoms with Crippen LogP contribution in [0.25, 0.3) is 11.0 Å². The van der Waals surface area contributed by atoms with Gasteiger partial charge in [-0.1, -0.05) is 30.3 Å². The number of para-hydroxylation sites is 3. The van der Waals surface area contributed by atoms with Crippen LogP contribution in [0.15, 0.2) is 59.0 Å². The Morgan fingerprint density at radius 2 is 1.90 bits per heavy atom. The molecule has 21 heavy (non-hydrogen) atoms. The van der Waals surface area contributed by atoms with Crippen LogP contribution < -0.4 is 15.8 Å². The van der Waals surface area contributed by atoms with Crippen molar-refractivity contribution in [3.8, 4) is 5.75 Å². The van der Waals surface area contributed by atoms with Crippen LogP contribution in [0.1, 0.15) is 11.8 Å². The number of ether oxygens (including phenoxy) is 1. The number of benzene rings is 2. The molecule has 0 aliphatic heterocycles. The summed E-state index contributed by atoms with van der Waals surface area (Å²) in [6.07, 6.45) is 0. The van der Waals surface area contributed by atoms with Crippen LogP contribution in [0.2, 0.25) is 0 Å². The highest BCUT2D eigenvalue weighted by Crippen LogP contribution is 2.30. The minimum absolute atomic E-state index is 0.103. The quantitative estimate of drug-likeness (QED) is 0.751. The number of rotatable bonds is 5. The number of hydrogen-bond acceptors (Lipinski definition) is 4. The van der Waals surface area contributed by atoms with Crippen molar-refractivity contribution in [2.75, 3.05) is 19.0 Å². The molecule has 0 bridgehead atoms.